The van der Waals surface area contributed by atoms with Gasteiger partial charge in [0.1, 0.15) is 12.2 Å². The minimum atomic E-state index is -4.33. The number of carbonyl (C=O) groups excluding carboxylic acids is 1. The zero-order valence-corrected chi connectivity index (χ0v) is 19.2. The predicted octanol–water partition coefficient (Wildman–Crippen LogP) is 7.79. The van der Waals surface area contributed by atoms with Gasteiger partial charge in [0.05, 0.1) is 11.5 Å². The molecule has 0 aliphatic heterocycles. The fourth-order valence-corrected chi connectivity index (χ4v) is 5.02. The van der Waals surface area contributed by atoms with Gasteiger partial charge >= 0.3 is 12.1 Å². The smallest absolute Gasteiger partial charge is 0.416 e. The Morgan fingerprint density at radius 1 is 1.03 bits per heavy atom. The van der Waals surface area contributed by atoms with Gasteiger partial charge in [0.15, 0.2) is 5.83 Å². The zero-order chi connectivity index (χ0) is 24.6. The Labute approximate surface area is 198 Å². The van der Waals surface area contributed by atoms with Crippen LogP contribution in [0.3, 0.4) is 0 Å². The number of ether oxygens (including phenoxy) is 1. The maximum absolute atomic E-state index is 12.8. The molecule has 34 heavy (non-hydrogen) atoms. The van der Waals surface area contributed by atoms with Crippen LogP contribution in [0.1, 0.15) is 81.3 Å². The van der Waals surface area contributed by atoms with Gasteiger partial charge in [0.25, 0.3) is 0 Å². The average Bonchev–Trinajstić information content (AvgIpc) is 2.84. The minimum Gasteiger partial charge on any atom is -0.462 e. The van der Waals surface area contributed by atoms with Crippen LogP contribution in [-0.2, 0) is 15.7 Å². The lowest BCUT2D eigenvalue weighted by atomic mass is 9.78. The monoisotopic (exact) mass is 477 g/mol. The number of rotatable bonds is 7. The summed E-state index contributed by atoms with van der Waals surface area (Å²) in [5, 5.41) is 8.36. The summed E-state index contributed by atoms with van der Waals surface area (Å²) in [4.78, 5) is 12.7. The summed E-state index contributed by atoms with van der Waals surface area (Å²) < 4.78 is 56.8. The van der Waals surface area contributed by atoms with Crippen LogP contribution in [0.5, 0.6) is 0 Å². The van der Waals surface area contributed by atoms with Gasteiger partial charge in [-0.25, -0.2) is 0 Å². The van der Waals surface area contributed by atoms with Gasteiger partial charge < -0.3 is 4.74 Å². The second kappa shape index (κ2) is 12.2. The first kappa shape index (κ1) is 26.0. The van der Waals surface area contributed by atoms with Crippen molar-refractivity contribution in [3.8, 4) is 6.07 Å². The molecule has 0 aromatic heterocycles. The maximum Gasteiger partial charge on any atom is 0.416 e. The molecule has 2 aliphatic carbocycles. The van der Waals surface area contributed by atoms with E-state index in [0.29, 0.717) is 18.8 Å². The van der Waals surface area contributed by atoms with E-state index in [1.54, 1.807) is 18.2 Å². The van der Waals surface area contributed by atoms with Gasteiger partial charge in [-0.05, 0) is 99.8 Å². The second-order valence-corrected chi connectivity index (χ2v) is 9.38. The summed E-state index contributed by atoms with van der Waals surface area (Å²) in [7, 11) is 0. The highest BCUT2D eigenvalue weighted by Gasteiger charge is 2.33. The van der Waals surface area contributed by atoms with E-state index in [4.69, 9.17) is 10.00 Å². The van der Waals surface area contributed by atoms with Crippen molar-refractivity contribution in [2.45, 2.75) is 82.4 Å². The number of hydrogen-bond donors (Lipinski definition) is 0. The first-order chi connectivity index (χ1) is 16.3. The van der Waals surface area contributed by atoms with Gasteiger partial charge in [-0.2, -0.15) is 22.8 Å². The second-order valence-electron chi connectivity index (χ2n) is 9.38. The van der Waals surface area contributed by atoms with Crippen LogP contribution in [0.2, 0.25) is 0 Å². The van der Waals surface area contributed by atoms with E-state index in [2.05, 4.69) is 0 Å². The van der Waals surface area contributed by atoms with Crippen molar-refractivity contribution in [2.24, 2.45) is 11.8 Å². The first-order valence-electron chi connectivity index (χ1n) is 12.1. The summed E-state index contributed by atoms with van der Waals surface area (Å²) >= 11 is 0. The number of alkyl halides is 3. The van der Waals surface area contributed by atoms with E-state index in [-0.39, 0.29) is 23.9 Å². The third kappa shape index (κ3) is 7.72. The van der Waals surface area contributed by atoms with Crippen LogP contribution in [0.15, 0.2) is 48.3 Å². The summed E-state index contributed by atoms with van der Waals surface area (Å²) in [6.45, 7) is 0. The molecule has 2 saturated carbocycles. The van der Waals surface area contributed by atoms with E-state index in [1.165, 1.54) is 6.07 Å². The molecule has 0 saturated heterocycles. The van der Waals surface area contributed by atoms with Crippen molar-refractivity contribution in [3.05, 3.63) is 59.4 Å². The first-order valence-corrected chi connectivity index (χ1v) is 12.1. The zero-order valence-electron chi connectivity index (χ0n) is 19.2. The number of allylic oxidation sites excluding steroid dienone is 4. The van der Waals surface area contributed by atoms with Gasteiger partial charge in [-0.3, -0.25) is 4.79 Å². The van der Waals surface area contributed by atoms with E-state index >= 15 is 0 Å². The number of nitriles is 1. The summed E-state index contributed by atoms with van der Waals surface area (Å²) in [6.07, 6.45) is 8.69. The molecule has 0 bridgehead atoms. The fourth-order valence-electron chi connectivity index (χ4n) is 5.02. The molecule has 0 radical (unpaired) electrons. The number of hydrogen-bond acceptors (Lipinski definition) is 3. The molecule has 0 N–H and O–H groups in total. The molecular formula is C27H31F4NO2. The molecule has 0 spiro atoms. The van der Waals surface area contributed by atoms with Gasteiger partial charge in [0.2, 0.25) is 0 Å². The van der Waals surface area contributed by atoms with Crippen LogP contribution in [0, 0.1) is 23.2 Å². The van der Waals surface area contributed by atoms with Crippen LogP contribution >= 0.6 is 0 Å². The number of nitrogens with zero attached hydrogens (tertiary/aromatic N) is 1. The Morgan fingerprint density at radius 3 is 2.26 bits per heavy atom. The maximum atomic E-state index is 12.8. The summed E-state index contributed by atoms with van der Waals surface area (Å²) in [5.74, 6) is -0.322. The van der Waals surface area contributed by atoms with Crippen molar-refractivity contribution < 1.29 is 27.1 Å². The Hall–Kier alpha value is -2.62. The van der Waals surface area contributed by atoms with Gasteiger partial charge in [0, 0.05) is 0 Å². The van der Waals surface area contributed by atoms with Crippen molar-refractivity contribution in [2.75, 3.05) is 0 Å². The molecule has 3 rings (SSSR count). The van der Waals surface area contributed by atoms with Crippen molar-refractivity contribution in [3.63, 3.8) is 0 Å². The molecule has 2 aliphatic rings. The van der Waals surface area contributed by atoms with Gasteiger partial charge in [-0.15, -0.1) is 0 Å². The van der Waals surface area contributed by atoms with E-state index in [0.717, 1.165) is 75.1 Å². The largest absolute Gasteiger partial charge is 0.462 e. The third-order valence-electron chi connectivity index (χ3n) is 7.07. The molecule has 0 heterocycles. The predicted molar refractivity (Wildman–Crippen MR) is 121 cm³/mol. The molecule has 2 fully saturated rings. The lowest BCUT2D eigenvalue weighted by Gasteiger charge is -2.31. The van der Waals surface area contributed by atoms with E-state index in [1.807, 2.05) is 6.08 Å². The number of carbonyl (C=O) groups is 1. The third-order valence-corrected chi connectivity index (χ3v) is 7.07. The number of benzene rings is 1. The lowest BCUT2D eigenvalue weighted by molar-refractivity contribution is -0.157. The molecule has 184 valence electrons. The van der Waals surface area contributed by atoms with Crippen LogP contribution < -0.4 is 0 Å². The number of esters is 1. The Bertz CT molecular complexity index is 898. The highest BCUT2D eigenvalue weighted by atomic mass is 19.4. The molecule has 0 unspecified atom stereocenters. The highest BCUT2D eigenvalue weighted by Crippen LogP contribution is 2.38. The normalized spacial score (nSPS) is 26.3. The average molecular weight is 478 g/mol. The van der Waals surface area contributed by atoms with Crippen molar-refractivity contribution in [1.82, 2.24) is 0 Å². The van der Waals surface area contributed by atoms with E-state index < -0.39 is 17.6 Å². The molecule has 0 amide bonds. The van der Waals surface area contributed by atoms with Crippen LogP contribution in [0.25, 0.3) is 0 Å². The van der Waals surface area contributed by atoms with Gasteiger partial charge in [-0.1, -0.05) is 24.3 Å². The standard InChI is InChI=1S/C27H31F4NO2/c28-24(18-32)5-3-1-2-4-19-6-16-25(17-7-19)34-26(33)22-10-8-20(9-11-22)21-12-14-23(15-13-21)27(29,30)31/h1,3,5,12-15,19-20,22,25H,2,4,6-11,16-17H2. The fraction of sp³-hybridized carbons (Fsp3) is 0.556. The molecule has 7 heteroatoms. The van der Waals surface area contributed by atoms with Crippen molar-refractivity contribution in [1.29, 1.82) is 5.26 Å². The summed E-state index contributed by atoms with van der Waals surface area (Å²) in [6, 6.07) is 6.81. The SMILES string of the molecule is N#CC(F)=CC=CCCC1CCC(OC(=O)C2CCC(c3ccc(C(F)(F)F)cc3)CC2)CC1. The van der Waals surface area contributed by atoms with Crippen molar-refractivity contribution >= 4 is 5.97 Å². The van der Waals surface area contributed by atoms with E-state index in [9.17, 15) is 22.4 Å². The van der Waals surface area contributed by atoms with Crippen LogP contribution in [0.4, 0.5) is 17.6 Å². The molecule has 3 nitrogen and oxygen atoms in total. The highest BCUT2D eigenvalue weighted by molar-refractivity contribution is 5.72. The Kier molecular flexibility index (Phi) is 9.32. The molecule has 1 aromatic rings. The van der Waals surface area contributed by atoms with Crippen LogP contribution in [-0.4, -0.2) is 12.1 Å². The quantitative estimate of drug-likeness (QED) is 0.174. The lowest BCUT2D eigenvalue weighted by Crippen LogP contribution is -2.29. The molecule has 1 aromatic carbocycles. The molecule has 0 atom stereocenters. The minimum absolute atomic E-state index is 0.0420. The summed E-state index contributed by atoms with van der Waals surface area (Å²) in [5.41, 5.74) is 0.266. The topological polar surface area (TPSA) is 50.1 Å². The molecular weight excluding hydrogens is 446 g/mol. The Morgan fingerprint density at radius 2 is 1.68 bits per heavy atom. The Balaban J connectivity index is 1.35. The number of halogens is 4.